The number of ether oxygens (including phenoxy) is 2. The molecule has 3 aromatic carbocycles. The number of rotatable bonds is 19. The molecule has 0 radical (unpaired) electrons. The van der Waals surface area contributed by atoms with Gasteiger partial charge in [-0.25, -0.2) is 13.2 Å². The molecular weight excluding hydrogens is 699 g/mol. The summed E-state index contributed by atoms with van der Waals surface area (Å²) in [6.07, 6.45) is 1.72. The van der Waals surface area contributed by atoms with Crippen molar-refractivity contribution in [3.8, 4) is 11.5 Å². The number of benzene rings is 3. The van der Waals surface area contributed by atoms with E-state index in [0.29, 0.717) is 54.7 Å². The first-order valence-corrected chi connectivity index (χ1v) is 20.2. The number of alkyl halides is 3. The second kappa shape index (κ2) is 19.4. The highest BCUT2D eigenvalue weighted by molar-refractivity contribution is 6.78. The number of carbonyl (C=O) groups excluding carboxylic acids is 1. The average Bonchev–Trinajstić information content (AvgIpc) is 3.05. The van der Waals surface area contributed by atoms with Crippen molar-refractivity contribution >= 4 is 20.4 Å². The zero-order valence-electron chi connectivity index (χ0n) is 31.2. The molecule has 1 atom stereocenters. The van der Waals surface area contributed by atoms with E-state index in [9.17, 15) is 22.4 Å². The van der Waals surface area contributed by atoms with Crippen LogP contribution in [0.3, 0.4) is 0 Å². The van der Waals surface area contributed by atoms with Crippen molar-refractivity contribution in [2.24, 2.45) is 5.92 Å². The Morgan fingerprint density at radius 3 is 2.00 bits per heavy atom. The standard InChI is InChI=1S/C41H52F6O4Si/c1-8-49-39(48)12-10-9-11-31(23-32-24-36(43)40(37(44)25-32)51-52(27(2)3,28(4)5)29(6)7)13-16-33-26-35(42)19-20-38(33)50-22-21-30-14-17-34(18-15-30)41(45,46)47/h13-20,24-29,31H,8-12,21-23H2,1-7H3. The van der Waals surface area contributed by atoms with Gasteiger partial charge in [-0.1, -0.05) is 72.2 Å². The van der Waals surface area contributed by atoms with E-state index in [2.05, 4.69) is 0 Å². The Morgan fingerprint density at radius 1 is 0.827 bits per heavy atom. The monoisotopic (exact) mass is 750 g/mol. The number of allylic oxidation sites excluding steroid dienone is 1. The molecule has 0 amide bonds. The van der Waals surface area contributed by atoms with Crippen LogP contribution in [-0.4, -0.2) is 27.5 Å². The molecule has 3 aromatic rings. The second-order valence-corrected chi connectivity index (χ2v) is 19.5. The minimum atomic E-state index is -4.42. The summed E-state index contributed by atoms with van der Waals surface area (Å²) < 4.78 is 102. The zero-order valence-corrected chi connectivity index (χ0v) is 32.2. The quantitative estimate of drug-likeness (QED) is 0.0530. The van der Waals surface area contributed by atoms with Crippen LogP contribution in [0.1, 0.15) is 96.4 Å². The van der Waals surface area contributed by atoms with E-state index in [0.717, 1.165) is 12.1 Å². The van der Waals surface area contributed by atoms with Crippen LogP contribution in [0.2, 0.25) is 16.6 Å². The lowest BCUT2D eigenvalue weighted by Gasteiger charge is -2.42. The van der Waals surface area contributed by atoms with Gasteiger partial charge < -0.3 is 13.9 Å². The maximum atomic E-state index is 15.7. The summed E-state index contributed by atoms with van der Waals surface area (Å²) in [5, 5.41) is 0. The number of carbonyl (C=O) groups is 1. The van der Waals surface area contributed by atoms with Crippen molar-refractivity contribution in [2.45, 2.75) is 110 Å². The summed E-state index contributed by atoms with van der Waals surface area (Å²) >= 11 is 0. The van der Waals surface area contributed by atoms with Crippen molar-refractivity contribution in [1.82, 2.24) is 0 Å². The molecule has 3 rings (SSSR count). The van der Waals surface area contributed by atoms with Gasteiger partial charge in [-0.3, -0.25) is 4.79 Å². The normalized spacial score (nSPS) is 13.0. The summed E-state index contributed by atoms with van der Waals surface area (Å²) in [4.78, 5) is 11.9. The van der Waals surface area contributed by atoms with Crippen LogP contribution < -0.4 is 9.16 Å². The minimum Gasteiger partial charge on any atom is -0.539 e. The van der Waals surface area contributed by atoms with Gasteiger partial charge in [0.05, 0.1) is 18.8 Å². The SMILES string of the molecule is CCOC(=O)CCCCC(C=Cc1cc(F)ccc1OCCc1ccc(C(F)(F)F)cc1)Cc1cc(F)c(O[Si](C(C)C)(C(C)C)C(C)C)c(F)c1. The molecule has 0 heterocycles. The summed E-state index contributed by atoms with van der Waals surface area (Å²) in [7, 11) is -2.63. The van der Waals surface area contributed by atoms with E-state index >= 15 is 8.78 Å². The van der Waals surface area contributed by atoms with E-state index in [1.54, 1.807) is 13.0 Å². The average molecular weight is 751 g/mol. The Balaban J connectivity index is 1.84. The molecule has 11 heteroatoms. The molecule has 0 fully saturated rings. The topological polar surface area (TPSA) is 44.8 Å². The molecule has 0 N–H and O–H groups in total. The van der Waals surface area contributed by atoms with Gasteiger partial charge in [0.15, 0.2) is 17.4 Å². The smallest absolute Gasteiger partial charge is 0.416 e. The third kappa shape index (κ3) is 11.9. The molecule has 0 aliphatic heterocycles. The van der Waals surface area contributed by atoms with Crippen LogP contribution in [0.15, 0.2) is 60.7 Å². The van der Waals surface area contributed by atoms with Crippen molar-refractivity contribution in [2.75, 3.05) is 13.2 Å². The Kier molecular flexibility index (Phi) is 15.9. The Labute approximate surface area is 305 Å². The van der Waals surface area contributed by atoms with Crippen LogP contribution in [0.5, 0.6) is 11.5 Å². The summed E-state index contributed by atoms with van der Waals surface area (Å²) in [6.45, 7) is 14.4. The van der Waals surface area contributed by atoms with Crippen molar-refractivity contribution < 1.29 is 45.0 Å². The summed E-state index contributed by atoms with van der Waals surface area (Å²) in [6, 6.07) is 11.5. The van der Waals surface area contributed by atoms with Crippen LogP contribution in [0, 0.1) is 23.4 Å². The first kappa shape index (κ1) is 42.7. The predicted octanol–water partition coefficient (Wildman–Crippen LogP) is 12.3. The molecule has 0 aliphatic carbocycles. The Hall–Kier alpha value is -3.73. The Bertz CT molecular complexity index is 1570. The van der Waals surface area contributed by atoms with E-state index in [-0.39, 0.29) is 53.7 Å². The fourth-order valence-corrected chi connectivity index (χ4v) is 12.3. The molecule has 1 unspecified atom stereocenters. The fourth-order valence-electron chi connectivity index (χ4n) is 7.00. The van der Waals surface area contributed by atoms with E-state index in [1.165, 1.54) is 42.5 Å². The third-order valence-corrected chi connectivity index (χ3v) is 15.5. The lowest BCUT2D eigenvalue weighted by molar-refractivity contribution is -0.143. The minimum absolute atomic E-state index is 0.122. The first-order chi connectivity index (χ1) is 24.5. The molecule has 0 aromatic heterocycles. The second-order valence-electron chi connectivity index (χ2n) is 14.2. The largest absolute Gasteiger partial charge is 0.539 e. The van der Waals surface area contributed by atoms with E-state index in [1.807, 2.05) is 47.6 Å². The van der Waals surface area contributed by atoms with Crippen LogP contribution in [0.4, 0.5) is 26.3 Å². The number of unbranched alkanes of at least 4 members (excludes halogenated alkanes) is 1. The lowest BCUT2D eigenvalue weighted by Crippen LogP contribution is -2.51. The summed E-state index contributed by atoms with van der Waals surface area (Å²) in [5.41, 5.74) is 1.14. The van der Waals surface area contributed by atoms with E-state index in [4.69, 9.17) is 13.9 Å². The number of hydrogen-bond acceptors (Lipinski definition) is 4. The van der Waals surface area contributed by atoms with Gasteiger partial charge in [0.1, 0.15) is 11.6 Å². The highest BCUT2D eigenvalue weighted by atomic mass is 28.4. The molecule has 4 nitrogen and oxygen atoms in total. The molecule has 0 bridgehead atoms. The number of hydrogen-bond donors (Lipinski definition) is 0. The molecule has 0 aliphatic rings. The highest BCUT2D eigenvalue weighted by Gasteiger charge is 2.48. The fraction of sp³-hybridized carbons (Fsp3) is 0.488. The van der Waals surface area contributed by atoms with Crippen molar-refractivity contribution in [3.05, 3.63) is 100 Å². The highest BCUT2D eigenvalue weighted by Crippen LogP contribution is 2.44. The van der Waals surface area contributed by atoms with Gasteiger partial charge in [-0.15, -0.1) is 0 Å². The molecule has 0 spiro atoms. The first-order valence-electron chi connectivity index (χ1n) is 18.1. The zero-order chi connectivity index (χ0) is 38.6. The van der Waals surface area contributed by atoms with Crippen LogP contribution in [-0.2, 0) is 28.5 Å². The van der Waals surface area contributed by atoms with Crippen LogP contribution >= 0.6 is 0 Å². The van der Waals surface area contributed by atoms with E-state index < -0.39 is 37.5 Å². The van der Waals surface area contributed by atoms with Gasteiger partial charge in [0.25, 0.3) is 8.32 Å². The maximum absolute atomic E-state index is 15.7. The van der Waals surface area contributed by atoms with Gasteiger partial charge >= 0.3 is 12.1 Å². The van der Waals surface area contributed by atoms with Crippen LogP contribution in [0.25, 0.3) is 6.08 Å². The number of halogens is 6. The molecule has 0 saturated carbocycles. The third-order valence-electron chi connectivity index (χ3n) is 9.50. The molecule has 52 heavy (non-hydrogen) atoms. The van der Waals surface area contributed by atoms with Gasteiger partial charge in [0, 0.05) is 18.4 Å². The van der Waals surface area contributed by atoms with Gasteiger partial charge in [-0.2, -0.15) is 13.2 Å². The molecule has 286 valence electrons. The molecular formula is C41H52F6O4Si. The maximum Gasteiger partial charge on any atom is 0.416 e. The summed E-state index contributed by atoms with van der Waals surface area (Å²) in [5.74, 6) is -2.52. The van der Waals surface area contributed by atoms with Crippen molar-refractivity contribution in [3.63, 3.8) is 0 Å². The predicted molar refractivity (Wildman–Crippen MR) is 196 cm³/mol. The lowest BCUT2D eigenvalue weighted by atomic mass is 9.92. The van der Waals surface area contributed by atoms with Gasteiger partial charge in [-0.05, 0) is 102 Å². The van der Waals surface area contributed by atoms with Gasteiger partial charge in [0.2, 0.25) is 0 Å². The Morgan fingerprint density at radius 2 is 1.44 bits per heavy atom. The molecule has 0 saturated heterocycles. The number of esters is 1. The van der Waals surface area contributed by atoms with Crippen molar-refractivity contribution in [1.29, 1.82) is 0 Å².